The second-order valence-electron chi connectivity index (χ2n) is 8.26. The fourth-order valence-electron chi connectivity index (χ4n) is 4.85. The molecule has 0 atom stereocenters. The Kier molecular flexibility index (Phi) is 5.36. The van der Waals surface area contributed by atoms with Crippen LogP contribution in [0.15, 0.2) is 55.1 Å². The van der Waals surface area contributed by atoms with Crippen LogP contribution in [0.3, 0.4) is 0 Å². The molecule has 3 aromatic rings. The Morgan fingerprint density at radius 3 is 2.35 bits per heavy atom. The molecule has 1 saturated heterocycles. The Balaban J connectivity index is 1.30. The van der Waals surface area contributed by atoms with E-state index in [9.17, 15) is 4.79 Å². The highest BCUT2D eigenvalue weighted by Crippen LogP contribution is 2.43. The van der Waals surface area contributed by atoms with Crippen molar-refractivity contribution >= 4 is 23.3 Å². The highest BCUT2D eigenvalue weighted by atomic mass is 35.5. The van der Waals surface area contributed by atoms with Gasteiger partial charge in [0.05, 0.1) is 5.41 Å². The highest BCUT2D eigenvalue weighted by Gasteiger charge is 2.45. The Labute approximate surface area is 186 Å². The second kappa shape index (κ2) is 8.30. The summed E-state index contributed by atoms with van der Waals surface area (Å²) in [6, 6.07) is 11.7. The van der Waals surface area contributed by atoms with Crippen molar-refractivity contribution in [2.75, 3.05) is 31.1 Å². The summed E-state index contributed by atoms with van der Waals surface area (Å²) in [5.74, 6) is 1.86. The van der Waals surface area contributed by atoms with Crippen molar-refractivity contribution < 1.29 is 4.79 Å². The minimum Gasteiger partial charge on any atom is -0.353 e. The fraction of sp³-hybridized carbons (Fsp3) is 0.391. The summed E-state index contributed by atoms with van der Waals surface area (Å²) in [4.78, 5) is 26.7. The number of amides is 1. The Morgan fingerprint density at radius 2 is 1.68 bits per heavy atom. The largest absolute Gasteiger partial charge is 0.353 e. The van der Waals surface area contributed by atoms with Gasteiger partial charge >= 0.3 is 0 Å². The lowest BCUT2D eigenvalue weighted by Crippen LogP contribution is -2.54. The van der Waals surface area contributed by atoms with Gasteiger partial charge in [-0.25, -0.2) is 14.6 Å². The molecule has 160 valence electrons. The molecule has 0 unspecified atom stereocenters. The van der Waals surface area contributed by atoms with Gasteiger partial charge < -0.3 is 9.80 Å². The Bertz CT molecular complexity index is 1040. The van der Waals surface area contributed by atoms with E-state index in [2.05, 4.69) is 20.0 Å². The van der Waals surface area contributed by atoms with Gasteiger partial charge in [-0.2, -0.15) is 5.10 Å². The van der Waals surface area contributed by atoms with Crippen LogP contribution in [0.4, 0.5) is 5.82 Å². The molecule has 2 aromatic heterocycles. The van der Waals surface area contributed by atoms with Gasteiger partial charge in [0.2, 0.25) is 5.91 Å². The molecule has 8 heteroatoms. The molecule has 0 spiro atoms. The number of anilines is 1. The van der Waals surface area contributed by atoms with Gasteiger partial charge in [0, 0.05) is 49.7 Å². The van der Waals surface area contributed by atoms with Gasteiger partial charge in [-0.15, -0.1) is 0 Å². The van der Waals surface area contributed by atoms with Crippen LogP contribution in [0.2, 0.25) is 5.02 Å². The summed E-state index contributed by atoms with van der Waals surface area (Å²) >= 11 is 6.09. The molecule has 3 heterocycles. The molecule has 5 rings (SSSR count). The maximum Gasteiger partial charge on any atom is 0.233 e. The number of carbonyl (C=O) groups excluding carboxylic acids is 1. The Morgan fingerprint density at radius 1 is 0.968 bits per heavy atom. The van der Waals surface area contributed by atoms with E-state index in [1.807, 2.05) is 47.5 Å². The Hall–Kier alpha value is -2.93. The molecule has 1 saturated carbocycles. The van der Waals surface area contributed by atoms with E-state index in [0.29, 0.717) is 18.1 Å². The zero-order valence-corrected chi connectivity index (χ0v) is 18.1. The minimum atomic E-state index is -0.408. The lowest BCUT2D eigenvalue weighted by molar-refractivity contribution is -0.137. The van der Waals surface area contributed by atoms with Crippen molar-refractivity contribution in [3.63, 3.8) is 0 Å². The fourth-order valence-corrected chi connectivity index (χ4v) is 4.98. The van der Waals surface area contributed by atoms with Crippen molar-refractivity contribution in [1.29, 1.82) is 0 Å². The van der Waals surface area contributed by atoms with E-state index in [0.717, 1.165) is 56.0 Å². The summed E-state index contributed by atoms with van der Waals surface area (Å²) in [5.41, 5.74) is 0.691. The first kappa shape index (κ1) is 20.0. The summed E-state index contributed by atoms with van der Waals surface area (Å²) in [6.45, 7) is 2.88. The third-order valence-corrected chi connectivity index (χ3v) is 6.78. The predicted molar refractivity (Wildman–Crippen MR) is 120 cm³/mol. The quantitative estimate of drug-likeness (QED) is 0.626. The maximum atomic E-state index is 13.7. The molecule has 0 radical (unpaired) electrons. The van der Waals surface area contributed by atoms with Gasteiger partial charge in [-0.05, 0) is 36.6 Å². The number of hydrogen-bond donors (Lipinski definition) is 0. The molecule has 2 fully saturated rings. The first-order valence-corrected chi connectivity index (χ1v) is 11.2. The first-order valence-electron chi connectivity index (χ1n) is 10.8. The van der Waals surface area contributed by atoms with E-state index in [1.54, 1.807) is 17.2 Å². The number of halogens is 1. The number of piperazine rings is 1. The number of hydrogen-bond acceptors (Lipinski definition) is 5. The molecular formula is C23H25ClN6O. The molecule has 1 aromatic carbocycles. The summed E-state index contributed by atoms with van der Waals surface area (Å²) in [7, 11) is 0. The van der Waals surface area contributed by atoms with Crippen LogP contribution in [0.25, 0.3) is 5.82 Å². The topological polar surface area (TPSA) is 67.2 Å². The van der Waals surface area contributed by atoms with Crippen LogP contribution in [-0.2, 0) is 10.2 Å². The van der Waals surface area contributed by atoms with Crippen molar-refractivity contribution in [1.82, 2.24) is 24.6 Å². The normalized spacial score (nSPS) is 18.4. The zero-order valence-electron chi connectivity index (χ0n) is 17.3. The van der Waals surface area contributed by atoms with E-state index in [4.69, 9.17) is 11.6 Å². The first-order chi connectivity index (χ1) is 15.2. The van der Waals surface area contributed by atoms with Crippen molar-refractivity contribution in [2.45, 2.75) is 31.1 Å². The monoisotopic (exact) mass is 436 g/mol. The number of nitrogens with zero attached hydrogens (tertiary/aromatic N) is 6. The summed E-state index contributed by atoms with van der Waals surface area (Å²) in [5, 5.41) is 4.95. The van der Waals surface area contributed by atoms with Gasteiger partial charge in [-0.1, -0.05) is 36.6 Å². The summed E-state index contributed by atoms with van der Waals surface area (Å²) < 4.78 is 1.72. The van der Waals surface area contributed by atoms with Crippen molar-refractivity contribution in [3.8, 4) is 5.82 Å². The van der Waals surface area contributed by atoms with Crippen molar-refractivity contribution in [3.05, 3.63) is 65.7 Å². The van der Waals surface area contributed by atoms with Gasteiger partial charge in [0.1, 0.15) is 12.1 Å². The second-order valence-corrected chi connectivity index (χ2v) is 8.70. The zero-order chi connectivity index (χ0) is 21.3. The highest BCUT2D eigenvalue weighted by molar-refractivity contribution is 6.30. The van der Waals surface area contributed by atoms with E-state index in [-0.39, 0.29) is 5.91 Å². The van der Waals surface area contributed by atoms with E-state index < -0.39 is 5.41 Å². The number of aromatic nitrogens is 4. The van der Waals surface area contributed by atoms with Crippen LogP contribution in [0.5, 0.6) is 0 Å². The van der Waals surface area contributed by atoms with Crippen LogP contribution in [-0.4, -0.2) is 56.7 Å². The SMILES string of the molecule is O=C(N1CCN(c2cc(-n3cccn3)ncn2)CC1)C1(c2ccc(Cl)cc2)CCCC1. The standard InChI is InChI=1S/C23H25ClN6O/c24-19-6-4-18(5-7-19)23(8-1-2-9-23)22(31)29-14-12-28(13-15-29)20-16-21(26-17-25-20)30-11-3-10-27-30/h3-7,10-11,16-17H,1-2,8-9,12-15H2. The van der Waals surface area contributed by atoms with Crippen LogP contribution in [0, 0.1) is 0 Å². The van der Waals surface area contributed by atoms with E-state index >= 15 is 0 Å². The number of rotatable bonds is 4. The van der Waals surface area contributed by atoms with Gasteiger partial charge in [0.15, 0.2) is 5.82 Å². The van der Waals surface area contributed by atoms with Crippen LogP contribution >= 0.6 is 11.6 Å². The van der Waals surface area contributed by atoms with Gasteiger partial charge in [0.25, 0.3) is 0 Å². The van der Waals surface area contributed by atoms with Crippen LogP contribution in [0.1, 0.15) is 31.2 Å². The average molecular weight is 437 g/mol. The molecule has 7 nitrogen and oxygen atoms in total. The average Bonchev–Trinajstić information content (AvgIpc) is 3.53. The lowest BCUT2D eigenvalue weighted by atomic mass is 9.77. The lowest BCUT2D eigenvalue weighted by Gasteiger charge is -2.40. The maximum absolute atomic E-state index is 13.7. The number of benzene rings is 1. The smallest absolute Gasteiger partial charge is 0.233 e. The van der Waals surface area contributed by atoms with Crippen LogP contribution < -0.4 is 4.90 Å². The molecular weight excluding hydrogens is 412 g/mol. The predicted octanol–water partition coefficient (Wildman–Crippen LogP) is 3.48. The molecule has 2 aliphatic rings. The van der Waals surface area contributed by atoms with E-state index in [1.165, 1.54) is 0 Å². The van der Waals surface area contributed by atoms with Gasteiger partial charge in [-0.3, -0.25) is 4.79 Å². The molecule has 0 N–H and O–H groups in total. The molecule has 1 aliphatic carbocycles. The molecule has 31 heavy (non-hydrogen) atoms. The third-order valence-electron chi connectivity index (χ3n) is 6.53. The number of carbonyl (C=O) groups is 1. The van der Waals surface area contributed by atoms with Crippen molar-refractivity contribution in [2.24, 2.45) is 0 Å². The minimum absolute atomic E-state index is 0.256. The third kappa shape index (κ3) is 3.78. The molecule has 1 amide bonds. The molecule has 0 bridgehead atoms. The molecule has 1 aliphatic heterocycles. The summed E-state index contributed by atoms with van der Waals surface area (Å²) in [6.07, 6.45) is 9.15.